The van der Waals surface area contributed by atoms with Crippen LogP contribution in [0.3, 0.4) is 0 Å². The molecule has 4 nitrogen and oxygen atoms in total. The van der Waals surface area contributed by atoms with Crippen LogP contribution >= 0.6 is 0 Å². The fourth-order valence-corrected chi connectivity index (χ4v) is 2.88. The van der Waals surface area contributed by atoms with Crippen LogP contribution in [-0.2, 0) is 4.79 Å². The van der Waals surface area contributed by atoms with Gasteiger partial charge < -0.3 is 9.88 Å². The molecule has 0 fully saturated rings. The SMILES string of the molecule is CC(=O)Nc1ccc(N=Cc2cc(C)n(-c3ccc(F)cc3)c2C)cc1. The molecule has 0 spiro atoms. The number of hydrogen-bond acceptors (Lipinski definition) is 2. The molecule has 5 heteroatoms. The van der Waals surface area contributed by atoms with Gasteiger partial charge in [0.15, 0.2) is 0 Å². The minimum atomic E-state index is -0.249. The van der Waals surface area contributed by atoms with Crippen molar-refractivity contribution in [1.29, 1.82) is 0 Å². The van der Waals surface area contributed by atoms with E-state index in [2.05, 4.69) is 14.9 Å². The van der Waals surface area contributed by atoms with Gasteiger partial charge in [-0.2, -0.15) is 0 Å². The summed E-state index contributed by atoms with van der Waals surface area (Å²) in [6, 6.07) is 15.8. The number of aliphatic imine (C=N–C) groups is 1. The predicted molar refractivity (Wildman–Crippen MR) is 103 cm³/mol. The second kappa shape index (κ2) is 7.35. The molecule has 0 unspecified atom stereocenters. The van der Waals surface area contributed by atoms with Crippen molar-refractivity contribution in [3.05, 3.63) is 77.4 Å². The largest absolute Gasteiger partial charge is 0.326 e. The number of nitrogens with zero attached hydrogens (tertiary/aromatic N) is 2. The van der Waals surface area contributed by atoms with E-state index < -0.39 is 0 Å². The van der Waals surface area contributed by atoms with Gasteiger partial charge in [0.1, 0.15) is 5.82 Å². The van der Waals surface area contributed by atoms with Crippen molar-refractivity contribution in [2.45, 2.75) is 20.8 Å². The summed E-state index contributed by atoms with van der Waals surface area (Å²) in [4.78, 5) is 15.6. The molecule has 0 saturated carbocycles. The van der Waals surface area contributed by atoms with Gasteiger partial charge >= 0.3 is 0 Å². The number of rotatable bonds is 4. The number of amides is 1. The zero-order valence-electron chi connectivity index (χ0n) is 15.0. The molecule has 1 aromatic heterocycles. The maximum absolute atomic E-state index is 13.2. The minimum Gasteiger partial charge on any atom is -0.326 e. The summed E-state index contributed by atoms with van der Waals surface area (Å²) in [6.07, 6.45) is 1.82. The van der Waals surface area contributed by atoms with Crippen molar-refractivity contribution in [2.75, 3.05) is 5.32 Å². The molecular weight excluding hydrogens is 329 g/mol. The first-order valence-corrected chi connectivity index (χ1v) is 8.30. The minimum absolute atomic E-state index is 0.102. The molecule has 3 aromatic rings. The van der Waals surface area contributed by atoms with Crippen molar-refractivity contribution >= 4 is 23.5 Å². The molecule has 26 heavy (non-hydrogen) atoms. The zero-order valence-corrected chi connectivity index (χ0v) is 15.0. The third-order valence-electron chi connectivity index (χ3n) is 4.10. The molecule has 1 N–H and O–H groups in total. The normalized spacial score (nSPS) is 11.1. The lowest BCUT2D eigenvalue weighted by Crippen LogP contribution is -2.04. The van der Waals surface area contributed by atoms with Crippen molar-refractivity contribution < 1.29 is 9.18 Å². The number of aromatic nitrogens is 1. The fraction of sp³-hybridized carbons (Fsp3) is 0.143. The van der Waals surface area contributed by atoms with Crippen LogP contribution in [0.15, 0.2) is 59.6 Å². The first-order chi connectivity index (χ1) is 12.4. The van der Waals surface area contributed by atoms with Gasteiger partial charge in [-0.15, -0.1) is 0 Å². The van der Waals surface area contributed by atoms with Crippen molar-refractivity contribution in [2.24, 2.45) is 4.99 Å². The van der Waals surface area contributed by atoms with E-state index in [4.69, 9.17) is 0 Å². The lowest BCUT2D eigenvalue weighted by atomic mass is 10.2. The summed E-state index contributed by atoms with van der Waals surface area (Å²) in [5.74, 6) is -0.352. The first kappa shape index (κ1) is 17.6. The van der Waals surface area contributed by atoms with Gasteiger partial charge in [-0.3, -0.25) is 9.79 Å². The lowest BCUT2D eigenvalue weighted by Gasteiger charge is -2.09. The molecule has 1 amide bonds. The van der Waals surface area contributed by atoms with Crippen LogP contribution < -0.4 is 5.32 Å². The molecule has 132 valence electrons. The third kappa shape index (κ3) is 3.88. The van der Waals surface area contributed by atoms with Crippen molar-refractivity contribution in [3.8, 4) is 5.69 Å². The molecular formula is C21H20FN3O. The standard InChI is InChI=1S/C21H20FN3O/c1-14-12-17(15(2)25(14)21-10-4-18(22)5-11-21)13-23-19-6-8-20(9-7-19)24-16(3)26/h4-13H,1-3H3,(H,24,26). The van der Waals surface area contributed by atoms with Gasteiger partial charge in [0.25, 0.3) is 0 Å². The monoisotopic (exact) mass is 349 g/mol. The number of hydrogen-bond donors (Lipinski definition) is 1. The number of aryl methyl sites for hydroxylation is 1. The Balaban J connectivity index is 1.84. The third-order valence-corrected chi connectivity index (χ3v) is 4.10. The van der Waals surface area contributed by atoms with Crippen LogP contribution in [0.5, 0.6) is 0 Å². The van der Waals surface area contributed by atoms with Crippen LogP contribution in [0.2, 0.25) is 0 Å². The molecule has 3 rings (SSSR count). The maximum atomic E-state index is 13.2. The Labute approximate surface area is 152 Å². The van der Waals surface area contributed by atoms with E-state index in [1.165, 1.54) is 19.1 Å². The highest BCUT2D eigenvalue weighted by molar-refractivity contribution is 5.89. The van der Waals surface area contributed by atoms with E-state index in [-0.39, 0.29) is 11.7 Å². The van der Waals surface area contributed by atoms with Gasteiger partial charge in [0.2, 0.25) is 5.91 Å². The summed E-state index contributed by atoms with van der Waals surface area (Å²) in [7, 11) is 0. The Morgan fingerprint density at radius 2 is 1.73 bits per heavy atom. The molecule has 1 heterocycles. The Kier molecular flexibility index (Phi) is 4.98. The smallest absolute Gasteiger partial charge is 0.221 e. The number of carbonyl (C=O) groups is 1. The van der Waals surface area contributed by atoms with E-state index in [9.17, 15) is 9.18 Å². The molecule has 0 aliphatic rings. The summed E-state index contributed by atoms with van der Waals surface area (Å²) < 4.78 is 15.2. The Bertz CT molecular complexity index is 954. The maximum Gasteiger partial charge on any atom is 0.221 e. The quantitative estimate of drug-likeness (QED) is 0.666. The zero-order chi connectivity index (χ0) is 18.7. The lowest BCUT2D eigenvalue weighted by molar-refractivity contribution is -0.114. The second-order valence-electron chi connectivity index (χ2n) is 6.12. The summed E-state index contributed by atoms with van der Waals surface area (Å²) >= 11 is 0. The number of nitrogens with one attached hydrogen (secondary N) is 1. The van der Waals surface area contributed by atoms with E-state index in [0.29, 0.717) is 0 Å². The van der Waals surface area contributed by atoms with Crippen LogP contribution in [0.25, 0.3) is 5.69 Å². The number of anilines is 1. The molecule has 0 aliphatic carbocycles. The highest BCUT2D eigenvalue weighted by Crippen LogP contribution is 2.21. The van der Waals surface area contributed by atoms with Crippen LogP contribution in [0, 0.1) is 19.7 Å². The Hall–Kier alpha value is -3.21. The second-order valence-corrected chi connectivity index (χ2v) is 6.12. The van der Waals surface area contributed by atoms with E-state index in [1.807, 2.05) is 50.4 Å². The fourth-order valence-electron chi connectivity index (χ4n) is 2.88. The molecule has 0 saturated heterocycles. The highest BCUT2D eigenvalue weighted by atomic mass is 19.1. The van der Waals surface area contributed by atoms with Crippen molar-refractivity contribution in [1.82, 2.24) is 4.57 Å². The number of halogens is 1. The highest BCUT2D eigenvalue weighted by Gasteiger charge is 2.09. The predicted octanol–water partition coefficient (Wildman–Crippen LogP) is 4.94. The van der Waals surface area contributed by atoms with E-state index in [1.54, 1.807) is 12.1 Å². The molecule has 0 bridgehead atoms. The molecule has 2 aromatic carbocycles. The van der Waals surface area contributed by atoms with E-state index >= 15 is 0 Å². The van der Waals surface area contributed by atoms with Crippen LogP contribution in [0.1, 0.15) is 23.9 Å². The van der Waals surface area contributed by atoms with Crippen molar-refractivity contribution in [3.63, 3.8) is 0 Å². The van der Waals surface area contributed by atoms with Gasteiger partial charge in [0.05, 0.1) is 5.69 Å². The summed E-state index contributed by atoms with van der Waals surface area (Å²) in [5.41, 5.74) is 5.54. The van der Waals surface area contributed by atoms with Gasteiger partial charge in [0, 0.05) is 41.5 Å². The molecule has 0 radical (unpaired) electrons. The van der Waals surface area contributed by atoms with Gasteiger partial charge in [-0.25, -0.2) is 4.39 Å². The van der Waals surface area contributed by atoms with Crippen LogP contribution in [0.4, 0.5) is 15.8 Å². The van der Waals surface area contributed by atoms with E-state index in [0.717, 1.165) is 34.0 Å². The Morgan fingerprint density at radius 3 is 2.35 bits per heavy atom. The average molecular weight is 349 g/mol. The first-order valence-electron chi connectivity index (χ1n) is 8.30. The average Bonchev–Trinajstić information content (AvgIpc) is 2.89. The van der Waals surface area contributed by atoms with Crippen LogP contribution in [-0.4, -0.2) is 16.7 Å². The topological polar surface area (TPSA) is 46.4 Å². The molecule has 0 atom stereocenters. The van der Waals surface area contributed by atoms with Gasteiger partial charge in [-0.05, 0) is 68.4 Å². The molecule has 0 aliphatic heterocycles. The number of benzene rings is 2. The summed E-state index contributed by atoms with van der Waals surface area (Å²) in [6.45, 7) is 5.50. The number of carbonyl (C=O) groups excluding carboxylic acids is 1. The summed E-state index contributed by atoms with van der Waals surface area (Å²) in [5, 5.41) is 2.73. The van der Waals surface area contributed by atoms with Gasteiger partial charge in [-0.1, -0.05) is 0 Å². The Morgan fingerprint density at radius 1 is 1.08 bits per heavy atom.